The molecule has 0 unspecified atom stereocenters. The predicted octanol–water partition coefficient (Wildman–Crippen LogP) is 1.82. The number of hydrogen-bond donors (Lipinski definition) is 0. The third-order valence-electron chi connectivity index (χ3n) is 0.418. The molecule has 0 heterocycles. The summed E-state index contributed by atoms with van der Waals surface area (Å²) in [5, 5.41) is 2.13. The maximum Gasteiger partial charge on any atom is 0.0333 e. The van der Waals surface area contributed by atoms with Crippen molar-refractivity contribution in [3.63, 3.8) is 0 Å². The lowest BCUT2D eigenvalue weighted by Crippen LogP contribution is -1.64. The Labute approximate surface area is 59.2 Å². The molecule has 0 aliphatic rings. The number of alkyl halides is 1. The zero-order chi connectivity index (χ0) is 6.24. The van der Waals surface area contributed by atoms with Crippen molar-refractivity contribution in [2.45, 2.75) is 6.42 Å². The maximum absolute atomic E-state index is 5.30. The van der Waals surface area contributed by atoms with E-state index in [0.29, 0.717) is 12.3 Å². The van der Waals surface area contributed by atoms with Gasteiger partial charge < -0.3 is 0 Å². The van der Waals surface area contributed by atoms with Gasteiger partial charge in [0.15, 0.2) is 0 Å². The minimum Gasteiger partial charge on any atom is -0.126 e. The Morgan fingerprint density at radius 2 is 2.00 bits per heavy atom. The lowest BCUT2D eigenvalue weighted by atomic mass is 10.5. The number of hydrogen-bond acceptors (Lipinski definition) is 0. The van der Waals surface area contributed by atoms with Crippen LogP contribution in [0.25, 0.3) is 0 Å². The minimum absolute atomic E-state index is 0.553. The Morgan fingerprint density at radius 3 is 2.50 bits per heavy atom. The molecule has 0 N–H and O–H groups in total. The van der Waals surface area contributed by atoms with Gasteiger partial charge in [0, 0.05) is 23.6 Å². The second-order valence-electron chi connectivity index (χ2n) is 0.960. The first kappa shape index (κ1) is 7.70. The molecule has 0 atom stereocenters. The van der Waals surface area contributed by atoms with Crippen LogP contribution in [-0.2, 0) is 0 Å². The van der Waals surface area contributed by atoms with Crippen molar-refractivity contribution < 1.29 is 0 Å². The molecule has 2 heteroatoms. The zero-order valence-corrected chi connectivity index (χ0v) is 5.68. The normalized spacial score (nSPS) is 5.75. The van der Waals surface area contributed by atoms with E-state index in [2.05, 4.69) is 23.1 Å². The van der Waals surface area contributed by atoms with E-state index in [1.165, 1.54) is 0 Å². The van der Waals surface area contributed by atoms with Crippen LogP contribution in [0.15, 0.2) is 0 Å². The second kappa shape index (κ2) is 6.70. The van der Waals surface area contributed by atoms with Gasteiger partial charge in [0.05, 0.1) is 0 Å². The van der Waals surface area contributed by atoms with Crippen molar-refractivity contribution in [1.82, 2.24) is 0 Å². The van der Waals surface area contributed by atoms with E-state index < -0.39 is 0 Å². The third-order valence-corrected chi connectivity index (χ3v) is 0.701. The van der Waals surface area contributed by atoms with Crippen molar-refractivity contribution in [2.24, 2.45) is 0 Å². The van der Waals surface area contributed by atoms with Gasteiger partial charge in [-0.15, -0.1) is 11.6 Å². The van der Waals surface area contributed by atoms with E-state index in [4.69, 9.17) is 23.2 Å². The molecular formula is C6H4Cl2. The van der Waals surface area contributed by atoms with Crippen LogP contribution in [0, 0.1) is 23.1 Å². The molecule has 0 aromatic heterocycles. The van der Waals surface area contributed by atoms with Gasteiger partial charge in [-0.05, 0) is 17.5 Å². The maximum atomic E-state index is 5.30. The zero-order valence-electron chi connectivity index (χ0n) is 4.17. The molecule has 0 fully saturated rings. The Balaban J connectivity index is 3.31. The van der Waals surface area contributed by atoms with E-state index in [1.807, 2.05) is 0 Å². The van der Waals surface area contributed by atoms with Gasteiger partial charge in [0.1, 0.15) is 0 Å². The molecule has 0 aromatic carbocycles. The first-order valence-corrected chi connectivity index (χ1v) is 2.97. The average Bonchev–Trinajstić information content (AvgIpc) is 1.81. The Bertz CT molecular complexity index is 151. The highest BCUT2D eigenvalue weighted by Crippen LogP contribution is 1.78. The fraction of sp³-hybridized carbons (Fsp3) is 0.333. The van der Waals surface area contributed by atoms with Gasteiger partial charge in [0.2, 0.25) is 0 Å². The van der Waals surface area contributed by atoms with Crippen LogP contribution in [0.2, 0.25) is 0 Å². The quantitative estimate of drug-likeness (QED) is 0.392. The van der Waals surface area contributed by atoms with E-state index in [9.17, 15) is 0 Å². The van der Waals surface area contributed by atoms with Crippen LogP contribution in [0.1, 0.15) is 6.42 Å². The van der Waals surface area contributed by atoms with Gasteiger partial charge in [-0.3, -0.25) is 0 Å². The van der Waals surface area contributed by atoms with Gasteiger partial charge in [-0.1, -0.05) is 5.92 Å². The summed E-state index contributed by atoms with van der Waals surface area (Å²) in [7, 11) is 0. The van der Waals surface area contributed by atoms with Gasteiger partial charge in [-0.2, -0.15) is 0 Å². The first-order chi connectivity index (χ1) is 3.91. The summed E-state index contributed by atoms with van der Waals surface area (Å²) in [5.74, 6) is 8.14. The van der Waals surface area contributed by atoms with Crippen molar-refractivity contribution in [2.75, 3.05) is 5.88 Å². The molecular weight excluding hydrogens is 143 g/mol. The standard InChI is InChI=1S/C6H4Cl2/c7-5-3-1-2-4-6-8/h3,5H2. The Morgan fingerprint density at radius 1 is 1.25 bits per heavy atom. The highest BCUT2D eigenvalue weighted by Gasteiger charge is 1.67. The average molecular weight is 147 g/mol. The molecule has 0 rings (SSSR count). The minimum atomic E-state index is 0.553. The summed E-state index contributed by atoms with van der Waals surface area (Å²) in [6.45, 7) is 0. The van der Waals surface area contributed by atoms with Crippen LogP contribution >= 0.6 is 23.2 Å². The summed E-state index contributed by atoms with van der Waals surface area (Å²) in [4.78, 5) is 0. The molecule has 0 saturated carbocycles. The van der Waals surface area contributed by atoms with Crippen molar-refractivity contribution in [3.8, 4) is 23.1 Å². The molecule has 0 aliphatic heterocycles. The molecule has 0 aromatic rings. The molecule has 0 radical (unpaired) electrons. The SMILES string of the molecule is ClC#CC#CCCCl. The van der Waals surface area contributed by atoms with E-state index in [-0.39, 0.29) is 0 Å². The van der Waals surface area contributed by atoms with Crippen molar-refractivity contribution >= 4 is 23.2 Å². The van der Waals surface area contributed by atoms with Crippen molar-refractivity contribution in [3.05, 3.63) is 0 Å². The topological polar surface area (TPSA) is 0 Å². The number of halogens is 2. The lowest BCUT2D eigenvalue weighted by molar-refractivity contribution is 1.29. The monoisotopic (exact) mass is 146 g/mol. The Kier molecular flexibility index (Phi) is 6.45. The smallest absolute Gasteiger partial charge is 0.0333 e. The van der Waals surface area contributed by atoms with Gasteiger partial charge in [-0.25, -0.2) is 0 Å². The molecule has 0 spiro atoms. The molecule has 0 nitrogen and oxygen atoms in total. The van der Waals surface area contributed by atoms with E-state index in [0.717, 1.165) is 0 Å². The molecule has 0 saturated heterocycles. The molecule has 0 bridgehead atoms. The summed E-state index contributed by atoms with van der Waals surface area (Å²) in [6.07, 6.45) is 0.674. The van der Waals surface area contributed by atoms with Crippen molar-refractivity contribution in [1.29, 1.82) is 0 Å². The van der Waals surface area contributed by atoms with Crippen LogP contribution in [0.3, 0.4) is 0 Å². The summed E-state index contributed by atoms with van der Waals surface area (Å²) < 4.78 is 0. The van der Waals surface area contributed by atoms with Crippen LogP contribution in [-0.4, -0.2) is 5.88 Å². The van der Waals surface area contributed by atoms with E-state index in [1.54, 1.807) is 0 Å². The molecule has 42 valence electrons. The molecule has 8 heavy (non-hydrogen) atoms. The largest absolute Gasteiger partial charge is 0.126 e. The summed E-state index contributed by atoms with van der Waals surface area (Å²) in [5.41, 5.74) is 0. The highest BCUT2D eigenvalue weighted by atomic mass is 35.5. The van der Waals surface area contributed by atoms with Crippen LogP contribution < -0.4 is 0 Å². The molecule has 0 aliphatic carbocycles. The predicted molar refractivity (Wildman–Crippen MR) is 36.7 cm³/mol. The van der Waals surface area contributed by atoms with Gasteiger partial charge >= 0.3 is 0 Å². The van der Waals surface area contributed by atoms with Gasteiger partial charge in [0.25, 0.3) is 0 Å². The fourth-order valence-corrected chi connectivity index (χ4v) is 0.319. The summed E-state index contributed by atoms with van der Waals surface area (Å²) in [6, 6.07) is 0. The fourth-order valence-electron chi connectivity index (χ4n) is 0.178. The van der Waals surface area contributed by atoms with E-state index >= 15 is 0 Å². The first-order valence-electron chi connectivity index (χ1n) is 2.06. The summed E-state index contributed by atoms with van der Waals surface area (Å²) >= 11 is 10.3. The second-order valence-corrected chi connectivity index (χ2v) is 1.53. The van der Waals surface area contributed by atoms with Crippen LogP contribution in [0.4, 0.5) is 0 Å². The lowest BCUT2D eigenvalue weighted by Gasteiger charge is -1.69. The van der Waals surface area contributed by atoms with Crippen LogP contribution in [0.5, 0.6) is 0 Å². The molecule has 0 amide bonds. The highest BCUT2D eigenvalue weighted by molar-refractivity contribution is 6.30. The number of rotatable bonds is 1. The third kappa shape index (κ3) is 5.70. The Hall–Kier alpha value is -0.300.